The van der Waals surface area contributed by atoms with Crippen LogP contribution < -0.4 is 5.32 Å². The topological polar surface area (TPSA) is 102 Å². The number of alkyl halides is 3. The molecule has 3 rings (SSSR count). The number of hydrogen-bond acceptors (Lipinski definition) is 6. The van der Waals surface area contributed by atoms with Gasteiger partial charge in [-0.15, -0.1) is 0 Å². The molecular weight excluding hydrogens is 485 g/mol. The van der Waals surface area contributed by atoms with E-state index >= 15 is 0 Å². The van der Waals surface area contributed by atoms with Gasteiger partial charge < -0.3 is 14.4 Å². The zero-order valence-electron chi connectivity index (χ0n) is 18.7. The van der Waals surface area contributed by atoms with Gasteiger partial charge in [0, 0.05) is 22.6 Å². The molecule has 1 unspecified atom stereocenters. The number of amides is 1. The summed E-state index contributed by atoms with van der Waals surface area (Å²) < 4.78 is 50.8. The number of anilines is 1. The van der Waals surface area contributed by atoms with Crippen molar-refractivity contribution >= 4 is 29.5 Å². The summed E-state index contributed by atoms with van der Waals surface area (Å²) in [6.45, 7) is 1.76. The first-order valence-electron chi connectivity index (χ1n) is 10.7. The van der Waals surface area contributed by atoms with Crippen molar-refractivity contribution in [1.82, 2.24) is 5.16 Å². The fourth-order valence-corrected chi connectivity index (χ4v) is 4.07. The fraction of sp³-hybridized carbons (Fsp3) is 0.292. The Morgan fingerprint density at radius 2 is 1.83 bits per heavy atom. The van der Waals surface area contributed by atoms with Crippen LogP contribution in [-0.4, -0.2) is 34.3 Å². The molecule has 11 heteroatoms. The lowest BCUT2D eigenvalue weighted by atomic mass is 10.1. The maximum absolute atomic E-state index is 13.6. The summed E-state index contributed by atoms with van der Waals surface area (Å²) in [5, 5.41) is 15.0. The van der Waals surface area contributed by atoms with Crippen LogP contribution in [0.5, 0.6) is 0 Å². The second-order valence-corrected chi connectivity index (χ2v) is 8.55. The predicted octanol–water partition coefficient (Wildman–Crippen LogP) is 6.46. The van der Waals surface area contributed by atoms with Gasteiger partial charge in [-0.1, -0.05) is 66.7 Å². The van der Waals surface area contributed by atoms with Gasteiger partial charge in [0.15, 0.2) is 5.76 Å². The summed E-state index contributed by atoms with van der Waals surface area (Å²) in [5.41, 5.74) is 1.79. The Kier molecular flexibility index (Phi) is 8.80. The number of benzene rings is 2. The van der Waals surface area contributed by atoms with E-state index < -0.39 is 24.3 Å². The molecule has 0 bridgehead atoms. The van der Waals surface area contributed by atoms with Crippen LogP contribution >= 0.6 is 11.8 Å². The van der Waals surface area contributed by atoms with Gasteiger partial charge in [0.05, 0.1) is 6.42 Å². The van der Waals surface area contributed by atoms with Gasteiger partial charge in [-0.3, -0.25) is 10.1 Å². The number of carboxylic acid groups (broad SMARTS) is 1. The Balaban J connectivity index is 1.74. The molecule has 1 amide bonds. The van der Waals surface area contributed by atoms with E-state index in [-0.39, 0.29) is 23.4 Å². The Morgan fingerprint density at radius 1 is 1.14 bits per heavy atom. The van der Waals surface area contributed by atoms with Crippen molar-refractivity contribution in [3.63, 3.8) is 0 Å². The van der Waals surface area contributed by atoms with E-state index in [9.17, 15) is 22.8 Å². The number of ether oxygens (including phenoxy) is 1. The Bertz CT molecular complexity index is 1130. The molecule has 0 radical (unpaired) electrons. The molecule has 0 saturated carbocycles. The molecular formula is C24H23F3N2O5S. The highest BCUT2D eigenvalue weighted by Gasteiger charge is 2.44. The quantitative estimate of drug-likeness (QED) is 0.303. The molecule has 3 aromatic rings. The van der Waals surface area contributed by atoms with Crippen molar-refractivity contribution in [3.05, 3.63) is 71.4 Å². The summed E-state index contributed by atoms with van der Waals surface area (Å²) in [7, 11) is 0. The van der Waals surface area contributed by atoms with Gasteiger partial charge in [0.2, 0.25) is 6.10 Å². The van der Waals surface area contributed by atoms with Crippen molar-refractivity contribution in [3.8, 4) is 11.3 Å². The van der Waals surface area contributed by atoms with E-state index in [4.69, 9.17) is 14.4 Å². The van der Waals surface area contributed by atoms with Crippen LogP contribution in [0.2, 0.25) is 0 Å². The van der Waals surface area contributed by atoms with Gasteiger partial charge >= 0.3 is 18.2 Å². The molecule has 7 nitrogen and oxygen atoms in total. The van der Waals surface area contributed by atoms with Crippen LogP contribution in [0, 0.1) is 0 Å². The van der Waals surface area contributed by atoms with Crippen LogP contribution in [0.25, 0.3) is 11.3 Å². The zero-order valence-corrected chi connectivity index (χ0v) is 19.5. The summed E-state index contributed by atoms with van der Waals surface area (Å²) >= 11 is 1.48. The first-order chi connectivity index (χ1) is 16.7. The van der Waals surface area contributed by atoms with Crippen molar-refractivity contribution in [2.45, 2.75) is 37.8 Å². The molecule has 1 heterocycles. The number of nitrogens with zero attached hydrogens (tertiary/aromatic N) is 1. The van der Waals surface area contributed by atoms with Crippen LogP contribution in [0.15, 0.2) is 59.1 Å². The highest BCUT2D eigenvalue weighted by Crippen LogP contribution is 2.37. The van der Waals surface area contributed by atoms with Crippen LogP contribution in [-0.2, 0) is 21.7 Å². The minimum atomic E-state index is -4.80. The van der Waals surface area contributed by atoms with Gasteiger partial charge in [-0.25, -0.2) is 4.79 Å². The maximum atomic E-state index is 13.6. The Labute approximate surface area is 203 Å². The van der Waals surface area contributed by atoms with Crippen LogP contribution in [0.3, 0.4) is 0 Å². The molecule has 0 aliphatic carbocycles. The predicted molar refractivity (Wildman–Crippen MR) is 125 cm³/mol. The number of rotatable bonds is 10. The molecule has 1 atom stereocenters. The minimum Gasteiger partial charge on any atom is -0.481 e. The van der Waals surface area contributed by atoms with E-state index in [0.29, 0.717) is 29.2 Å². The third-order valence-corrected chi connectivity index (χ3v) is 5.92. The fourth-order valence-electron chi connectivity index (χ4n) is 3.18. The number of thioether (sulfide) groups is 1. The molecule has 0 saturated heterocycles. The largest absolute Gasteiger partial charge is 0.481 e. The first kappa shape index (κ1) is 26.1. The third kappa shape index (κ3) is 7.25. The number of aromatic nitrogens is 1. The average molecular weight is 509 g/mol. The number of carbonyl (C=O) groups is 2. The van der Waals surface area contributed by atoms with Crippen molar-refractivity contribution < 1.29 is 37.1 Å². The number of carboxylic acids is 1. The van der Waals surface area contributed by atoms with Crippen molar-refractivity contribution in [2.24, 2.45) is 0 Å². The number of aliphatic carboxylic acids is 1. The second kappa shape index (κ2) is 11.8. The van der Waals surface area contributed by atoms with E-state index in [1.54, 1.807) is 25.1 Å². The second-order valence-electron chi connectivity index (χ2n) is 7.44. The molecule has 186 valence electrons. The van der Waals surface area contributed by atoms with Gasteiger partial charge in [0.1, 0.15) is 11.4 Å². The highest BCUT2D eigenvalue weighted by atomic mass is 32.2. The average Bonchev–Trinajstić information content (AvgIpc) is 3.22. The van der Waals surface area contributed by atoms with Crippen molar-refractivity contribution in [1.29, 1.82) is 0 Å². The Hall–Kier alpha value is -3.47. The monoisotopic (exact) mass is 508 g/mol. The molecule has 0 fully saturated rings. The molecule has 1 aromatic heterocycles. The van der Waals surface area contributed by atoms with Crippen LogP contribution in [0.1, 0.15) is 36.3 Å². The highest BCUT2D eigenvalue weighted by molar-refractivity contribution is 7.98. The maximum Gasteiger partial charge on any atom is 0.429 e. The first-order valence-corrected chi connectivity index (χ1v) is 11.8. The SMILES string of the molecule is CCc1noc(-c2ccc(CSCCC(=O)O)cc2)c1NC(=O)OC(c1ccccc1)C(F)(F)F. The summed E-state index contributed by atoms with van der Waals surface area (Å²) in [4.78, 5) is 23.1. The third-order valence-electron chi connectivity index (χ3n) is 4.89. The molecule has 0 aliphatic heterocycles. The number of carbonyl (C=O) groups excluding carboxylic acids is 1. The summed E-state index contributed by atoms with van der Waals surface area (Å²) in [5.74, 6) is 0.428. The van der Waals surface area contributed by atoms with E-state index in [1.807, 2.05) is 12.1 Å². The number of hydrogen-bond donors (Lipinski definition) is 2. The minimum absolute atomic E-state index is 0.0746. The molecule has 2 aromatic carbocycles. The van der Waals surface area contributed by atoms with Gasteiger partial charge in [0.25, 0.3) is 0 Å². The zero-order chi connectivity index (χ0) is 25.4. The molecule has 35 heavy (non-hydrogen) atoms. The van der Waals surface area contributed by atoms with E-state index in [2.05, 4.69) is 10.5 Å². The number of nitrogens with one attached hydrogen (secondary N) is 1. The van der Waals surface area contributed by atoms with Gasteiger partial charge in [-0.05, 0) is 12.0 Å². The normalized spacial score (nSPS) is 12.2. The van der Waals surface area contributed by atoms with E-state index in [1.165, 1.54) is 36.0 Å². The lowest BCUT2D eigenvalue weighted by Gasteiger charge is -2.21. The van der Waals surface area contributed by atoms with Crippen molar-refractivity contribution in [2.75, 3.05) is 11.1 Å². The Morgan fingerprint density at radius 3 is 2.43 bits per heavy atom. The van der Waals surface area contributed by atoms with E-state index in [0.717, 1.165) is 5.56 Å². The lowest BCUT2D eigenvalue weighted by Crippen LogP contribution is -2.28. The number of halogens is 3. The summed E-state index contributed by atoms with van der Waals surface area (Å²) in [6.07, 6.45) is -8.09. The molecule has 0 aliphatic rings. The van der Waals surface area contributed by atoms with Crippen LogP contribution in [0.4, 0.5) is 23.7 Å². The smallest absolute Gasteiger partial charge is 0.429 e. The molecule has 2 N–H and O–H groups in total. The lowest BCUT2D eigenvalue weighted by molar-refractivity contribution is -0.205. The molecule has 0 spiro atoms. The summed E-state index contributed by atoms with van der Waals surface area (Å²) in [6, 6.07) is 14.0. The number of aryl methyl sites for hydroxylation is 1. The standard InChI is InChI=1S/C24H23F3N2O5S/c1-2-18-20(28-23(32)33-22(24(25,26)27)17-6-4-3-5-7-17)21(34-29-18)16-10-8-15(9-11-16)14-35-13-12-19(30)31/h3-11,22H,2,12-14H2,1H3,(H,28,32)(H,30,31). The van der Waals surface area contributed by atoms with Gasteiger partial charge in [-0.2, -0.15) is 24.9 Å².